The number of nitrogens with zero attached hydrogens (tertiary/aromatic N) is 3. The summed E-state index contributed by atoms with van der Waals surface area (Å²) in [6.07, 6.45) is 2.25. The lowest BCUT2D eigenvalue weighted by Gasteiger charge is -2.34. The standard InChI is InChI=1S/C15H26N4O3/c1-11-17-18-14(22-11)10-19(15(2,3)4)9-13(20)16-8-12-6-5-7-21-12/h12H,5-10H2,1-4H3,(H,16,20)/t12-/m0/s1. The van der Waals surface area contributed by atoms with E-state index in [1.54, 1.807) is 6.92 Å². The molecule has 0 spiro atoms. The van der Waals surface area contributed by atoms with Gasteiger partial charge in [0.15, 0.2) is 0 Å². The monoisotopic (exact) mass is 310 g/mol. The second-order valence-corrected chi connectivity index (χ2v) is 6.68. The van der Waals surface area contributed by atoms with Gasteiger partial charge in [-0.2, -0.15) is 0 Å². The molecule has 1 aliphatic rings. The molecule has 1 aromatic heterocycles. The van der Waals surface area contributed by atoms with Crippen LogP contribution < -0.4 is 5.32 Å². The summed E-state index contributed by atoms with van der Waals surface area (Å²) in [5, 5.41) is 10.8. The number of rotatable bonds is 6. The van der Waals surface area contributed by atoms with E-state index in [9.17, 15) is 4.79 Å². The topological polar surface area (TPSA) is 80.5 Å². The molecule has 22 heavy (non-hydrogen) atoms. The smallest absolute Gasteiger partial charge is 0.234 e. The number of nitrogens with one attached hydrogen (secondary N) is 1. The van der Waals surface area contributed by atoms with Gasteiger partial charge in [-0.1, -0.05) is 0 Å². The van der Waals surface area contributed by atoms with Crippen LogP contribution in [0.15, 0.2) is 4.42 Å². The average molecular weight is 310 g/mol. The van der Waals surface area contributed by atoms with Crippen LogP contribution in [0.3, 0.4) is 0 Å². The molecule has 1 saturated heterocycles. The Morgan fingerprint density at radius 2 is 2.18 bits per heavy atom. The van der Waals surface area contributed by atoms with Crippen LogP contribution in [0.2, 0.25) is 0 Å². The van der Waals surface area contributed by atoms with Crippen molar-refractivity contribution in [3.8, 4) is 0 Å². The van der Waals surface area contributed by atoms with Crippen molar-refractivity contribution in [2.45, 2.75) is 58.7 Å². The van der Waals surface area contributed by atoms with E-state index < -0.39 is 0 Å². The first-order valence-electron chi connectivity index (χ1n) is 7.77. The zero-order valence-electron chi connectivity index (χ0n) is 13.9. The molecule has 1 atom stereocenters. The quantitative estimate of drug-likeness (QED) is 0.852. The number of aryl methyl sites for hydroxylation is 1. The minimum Gasteiger partial charge on any atom is -0.424 e. The van der Waals surface area contributed by atoms with E-state index in [1.165, 1.54) is 0 Å². The lowest BCUT2D eigenvalue weighted by molar-refractivity contribution is -0.124. The van der Waals surface area contributed by atoms with Gasteiger partial charge in [-0.05, 0) is 33.6 Å². The third kappa shape index (κ3) is 5.06. The lowest BCUT2D eigenvalue weighted by atomic mass is 10.1. The van der Waals surface area contributed by atoms with Crippen molar-refractivity contribution < 1.29 is 13.9 Å². The highest BCUT2D eigenvalue weighted by atomic mass is 16.5. The molecule has 1 amide bonds. The van der Waals surface area contributed by atoms with Crippen molar-refractivity contribution >= 4 is 5.91 Å². The van der Waals surface area contributed by atoms with Gasteiger partial charge >= 0.3 is 0 Å². The predicted molar refractivity (Wildman–Crippen MR) is 81.2 cm³/mol. The molecule has 7 heteroatoms. The van der Waals surface area contributed by atoms with Gasteiger partial charge in [0, 0.05) is 25.6 Å². The van der Waals surface area contributed by atoms with Crippen LogP contribution in [0.1, 0.15) is 45.4 Å². The Kier molecular flexibility index (Phi) is 5.52. The number of aromatic nitrogens is 2. The van der Waals surface area contributed by atoms with Crippen molar-refractivity contribution in [2.24, 2.45) is 0 Å². The third-order valence-electron chi connectivity index (χ3n) is 3.73. The van der Waals surface area contributed by atoms with Crippen LogP contribution in [0, 0.1) is 6.92 Å². The van der Waals surface area contributed by atoms with Crippen LogP contribution in [0.5, 0.6) is 0 Å². The van der Waals surface area contributed by atoms with Crippen molar-refractivity contribution in [3.63, 3.8) is 0 Å². The number of carbonyl (C=O) groups is 1. The average Bonchev–Trinajstić information content (AvgIpc) is 3.06. The highest BCUT2D eigenvalue weighted by molar-refractivity contribution is 5.78. The van der Waals surface area contributed by atoms with Crippen LogP contribution in [0.25, 0.3) is 0 Å². The Bertz CT molecular complexity index is 489. The molecule has 2 heterocycles. The summed E-state index contributed by atoms with van der Waals surface area (Å²) in [5.74, 6) is 1.05. The van der Waals surface area contributed by atoms with Crippen LogP contribution in [-0.4, -0.2) is 52.3 Å². The molecule has 0 aromatic carbocycles. The first-order valence-corrected chi connectivity index (χ1v) is 7.77. The minimum absolute atomic E-state index is 0.0123. The molecule has 2 rings (SSSR count). The van der Waals surface area contributed by atoms with Gasteiger partial charge < -0.3 is 14.5 Å². The number of carbonyl (C=O) groups excluding carboxylic acids is 1. The summed E-state index contributed by atoms with van der Waals surface area (Å²) in [5.41, 5.74) is -0.177. The lowest BCUT2D eigenvalue weighted by Crippen LogP contribution is -2.47. The fraction of sp³-hybridized carbons (Fsp3) is 0.800. The zero-order valence-corrected chi connectivity index (χ0v) is 13.9. The molecular weight excluding hydrogens is 284 g/mol. The number of hydrogen-bond donors (Lipinski definition) is 1. The summed E-state index contributed by atoms with van der Waals surface area (Å²) >= 11 is 0. The van der Waals surface area contributed by atoms with Gasteiger partial charge in [0.2, 0.25) is 17.7 Å². The van der Waals surface area contributed by atoms with Crippen LogP contribution in [0.4, 0.5) is 0 Å². The molecule has 0 unspecified atom stereocenters. The van der Waals surface area contributed by atoms with Crippen molar-refractivity contribution in [1.29, 1.82) is 0 Å². The maximum absolute atomic E-state index is 12.2. The first kappa shape index (κ1) is 16.9. The first-order chi connectivity index (χ1) is 10.3. The third-order valence-corrected chi connectivity index (χ3v) is 3.73. The van der Waals surface area contributed by atoms with E-state index in [4.69, 9.17) is 9.15 Å². The maximum atomic E-state index is 12.2. The Morgan fingerprint density at radius 3 is 2.73 bits per heavy atom. The molecule has 0 aliphatic carbocycles. The van der Waals surface area contributed by atoms with E-state index in [0.717, 1.165) is 19.4 Å². The molecule has 7 nitrogen and oxygen atoms in total. The van der Waals surface area contributed by atoms with E-state index in [-0.39, 0.29) is 24.1 Å². The maximum Gasteiger partial charge on any atom is 0.234 e. The molecular formula is C15H26N4O3. The summed E-state index contributed by atoms with van der Waals surface area (Å²) in [7, 11) is 0. The van der Waals surface area contributed by atoms with Crippen molar-refractivity contribution in [3.05, 3.63) is 11.8 Å². The minimum atomic E-state index is -0.177. The molecule has 0 saturated carbocycles. The van der Waals surface area contributed by atoms with Gasteiger partial charge in [-0.25, -0.2) is 0 Å². The van der Waals surface area contributed by atoms with Crippen LogP contribution in [-0.2, 0) is 16.1 Å². The molecule has 0 radical (unpaired) electrons. The largest absolute Gasteiger partial charge is 0.424 e. The highest BCUT2D eigenvalue weighted by Crippen LogP contribution is 2.16. The van der Waals surface area contributed by atoms with Crippen molar-refractivity contribution in [1.82, 2.24) is 20.4 Å². The number of amides is 1. The van der Waals surface area contributed by atoms with Crippen molar-refractivity contribution in [2.75, 3.05) is 19.7 Å². The summed E-state index contributed by atoms with van der Waals surface area (Å²) in [4.78, 5) is 14.2. The Labute approximate surface area is 131 Å². The van der Waals surface area contributed by atoms with Gasteiger partial charge in [0.1, 0.15) is 0 Å². The van der Waals surface area contributed by atoms with E-state index in [2.05, 4.69) is 36.3 Å². The van der Waals surface area contributed by atoms with E-state index in [1.807, 2.05) is 4.90 Å². The fourth-order valence-corrected chi connectivity index (χ4v) is 2.36. The second kappa shape index (κ2) is 7.19. The van der Waals surface area contributed by atoms with Gasteiger partial charge in [-0.3, -0.25) is 9.69 Å². The second-order valence-electron chi connectivity index (χ2n) is 6.68. The van der Waals surface area contributed by atoms with Gasteiger partial charge in [0.05, 0.1) is 19.2 Å². The zero-order chi connectivity index (χ0) is 16.2. The molecule has 1 fully saturated rings. The SMILES string of the molecule is Cc1nnc(CN(CC(=O)NC[C@@H]2CCCO2)C(C)(C)C)o1. The summed E-state index contributed by atoms with van der Waals surface area (Å²) in [6.45, 7) is 10.1. The summed E-state index contributed by atoms with van der Waals surface area (Å²) < 4.78 is 10.9. The molecule has 1 aromatic rings. The van der Waals surface area contributed by atoms with Gasteiger partial charge in [0.25, 0.3) is 0 Å². The van der Waals surface area contributed by atoms with Crippen LogP contribution >= 0.6 is 0 Å². The number of ether oxygens (including phenoxy) is 1. The Morgan fingerprint density at radius 1 is 1.41 bits per heavy atom. The Hall–Kier alpha value is -1.47. The van der Waals surface area contributed by atoms with Gasteiger partial charge in [-0.15, -0.1) is 10.2 Å². The predicted octanol–water partition coefficient (Wildman–Crippen LogP) is 1.27. The molecule has 0 bridgehead atoms. The molecule has 1 N–H and O–H groups in total. The fourth-order valence-electron chi connectivity index (χ4n) is 2.36. The van der Waals surface area contributed by atoms with E-state index >= 15 is 0 Å². The molecule has 124 valence electrons. The molecule has 1 aliphatic heterocycles. The number of hydrogen-bond acceptors (Lipinski definition) is 6. The Balaban J connectivity index is 1.87. The van der Waals surface area contributed by atoms with E-state index in [0.29, 0.717) is 24.9 Å². The normalized spacial score (nSPS) is 18.9. The summed E-state index contributed by atoms with van der Waals surface area (Å²) in [6, 6.07) is 0. The highest BCUT2D eigenvalue weighted by Gasteiger charge is 2.26.